The van der Waals surface area contributed by atoms with Crippen LogP contribution in [-0.2, 0) is 16.1 Å². The van der Waals surface area contributed by atoms with E-state index in [2.05, 4.69) is 0 Å². The van der Waals surface area contributed by atoms with E-state index in [0.717, 1.165) is 22.6 Å². The SMILES string of the molecule is CCOc1ccc(/C=C2\SC(=S)N(CC(=O)N(Cc3ccccc3)c3ccccc3)C2=O)cc1. The van der Waals surface area contributed by atoms with Crippen LogP contribution in [0.15, 0.2) is 89.8 Å². The summed E-state index contributed by atoms with van der Waals surface area (Å²) in [5, 5.41) is 0. The molecule has 7 heteroatoms. The minimum atomic E-state index is -0.259. The van der Waals surface area contributed by atoms with Crippen LogP contribution in [0.2, 0.25) is 0 Å². The topological polar surface area (TPSA) is 49.9 Å². The number of rotatable bonds is 8. The lowest BCUT2D eigenvalue weighted by atomic mass is 10.2. The van der Waals surface area contributed by atoms with Gasteiger partial charge in [-0.3, -0.25) is 14.5 Å². The number of hydrogen-bond acceptors (Lipinski definition) is 5. The second-order valence-corrected chi connectivity index (χ2v) is 9.25. The molecule has 2 amide bonds. The van der Waals surface area contributed by atoms with Crippen LogP contribution in [0.4, 0.5) is 5.69 Å². The van der Waals surface area contributed by atoms with Gasteiger partial charge in [0.05, 0.1) is 18.1 Å². The highest BCUT2D eigenvalue weighted by atomic mass is 32.2. The first-order chi connectivity index (χ1) is 16.5. The van der Waals surface area contributed by atoms with Gasteiger partial charge < -0.3 is 9.64 Å². The number of nitrogens with zero attached hydrogens (tertiary/aromatic N) is 2. The third-order valence-electron chi connectivity index (χ3n) is 5.21. The van der Waals surface area contributed by atoms with E-state index in [-0.39, 0.29) is 18.4 Å². The number of amides is 2. The van der Waals surface area contributed by atoms with Gasteiger partial charge in [-0.25, -0.2) is 0 Å². The molecule has 0 radical (unpaired) electrons. The van der Waals surface area contributed by atoms with Gasteiger partial charge in [0, 0.05) is 5.69 Å². The zero-order chi connectivity index (χ0) is 23.9. The number of anilines is 1. The standard InChI is InChI=1S/C27H24N2O3S2/c1-2-32-23-15-13-20(14-16-23)17-24-26(31)29(27(33)34-24)19-25(30)28(22-11-7-4-8-12-22)18-21-9-5-3-6-10-21/h3-17H,2,18-19H2,1H3/b24-17-. The molecule has 3 aromatic rings. The quantitative estimate of drug-likeness (QED) is 0.309. The maximum atomic E-state index is 13.4. The van der Waals surface area contributed by atoms with Crippen molar-refractivity contribution < 1.29 is 14.3 Å². The van der Waals surface area contributed by atoms with Gasteiger partial charge >= 0.3 is 0 Å². The van der Waals surface area contributed by atoms with Gasteiger partial charge in [-0.1, -0.05) is 84.6 Å². The van der Waals surface area contributed by atoms with E-state index in [4.69, 9.17) is 17.0 Å². The molecule has 1 aliphatic heterocycles. The molecule has 1 fully saturated rings. The molecule has 0 N–H and O–H groups in total. The number of hydrogen-bond donors (Lipinski definition) is 0. The van der Waals surface area contributed by atoms with E-state index < -0.39 is 0 Å². The summed E-state index contributed by atoms with van der Waals surface area (Å²) in [6, 6.07) is 26.7. The van der Waals surface area contributed by atoms with E-state index in [1.54, 1.807) is 11.0 Å². The highest BCUT2D eigenvalue weighted by Gasteiger charge is 2.34. The van der Waals surface area contributed by atoms with Crippen LogP contribution in [0.25, 0.3) is 6.08 Å². The summed E-state index contributed by atoms with van der Waals surface area (Å²) in [5.41, 5.74) is 2.64. The molecule has 0 unspecified atom stereocenters. The van der Waals surface area contributed by atoms with Crippen LogP contribution in [-0.4, -0.2) is 34.2 Å². The van der Waals surface area contributed by atoms with E-state index in [1.165, 1.54) is 16.7 Å². The maximum Gasteiger partial charge on any atom is 0.266 e. The van der Waals surface area contributed by atoms with E-state index >= 15 is 0 Å². The van der Waals surface area contributed by atoms with E-state index in [0.29, 0.717) is 22.4 Å². The fourth-order valence-electron chi connectivity index (χ4n) is 3.53. The molecule has 1 saturated heterocycles. The Morgan fingerprint density at radius 2 is 1.65 bits per heavy atom. The monoisotopic (exact) mass is 488 g/mol. The fourth-order valence-corrected chi connectivity index (χ4v) is 4.79. The predicted molar refractivity (Wildman–Crippen MR) is 142 cm³/mol. The first-order valence-electron chi connectivity index (χ1n) is 10.9. The van der Waals surface area contributed by atoms with Gasteiger partial charge in [0.15, 0.2) is 0 Å². The van der Waals surface area contributed by atoms with Crippen molar-refractivity contribution in [2.75, 3.05) is 18.1 Å². The van der Waals surface area contributed by atoms with Crippen LogP contribution in [0.1, 0.15) is 18.1 Å². The molecule has 172 valence electrons. The van der Waals surface area contributed by atoms with E-state index in [1.807, 2.05) is 91.9 Å². The normalized spacial score (nSPS) is 14.5. The Kier molecular flexibility index (Phi) is 7.77. The average molecular weight is 489 g/mol. The van der Waals surface area contributed by atoms with Crippen LogP contribution in [0.3, 0.4) is 0 Å². The number of thioether (sulfide) groups is 1. The van der Waals surface area contributed by atoms with Crippen molar-refractivity contribution >= 4 is 51.9 Å². The summed E-state index contributed by atoms with van der Waals surface area (Å²) in [4.78, 5) is 30.0. The van der Waals surface area contributed by atoms with Crippen LogP contribution in [0.5, 0.6) is 5.75 Å². The molecule has 0 saturated carbocycles. The second kappa shape index (κ2) is 11.1. The van der Waals surface area contributed by atoms with Crippen molar-refractivity contribution in [1.82, 2.24) is 4.90 Å². The molecule has 0 spiro atoms. The van der Waals surface area contributed by atoms with Crippen molar-refractivity contribution in [2.45, 2.75) is 13.5 Å². The predicted octanol–water partition coefficient (Wildman–Crippen LogP) is 5.52. The van der Waals surface area contributed by atoms with Gasteiger partial charge in [0.1, 0.15) is 16.6 Å². The Morgan fingerprint density at radius 3 is 2.29 bits per heavy atom. The van der Waals surface area contributed by atoms with Crippen LogP contribution < -0.4 is 9.64 Å². The molecule has 0 aliphatic carbocycles. The Labute approximate surface area is 209 Å². The maximum absolute atomic E-state index is 13.4. The zero-order valence-corrected chi connectivity index (χ0v) is 20.4. The molecular weight excluding hydrogens is 464 g/mol. The number of carbonyl (C=O) groups excluding carboxylic acids is 2. The average Bonchev–Trinajstić information content (AvgIpc) is 3.12. The fraction of sp³-hybridized carbons (Fsp3) is 0.148. The first kappa shape index (κ1) is 23.7. The van der Waals surface area contributed by atoms with Crippen molar-refractivity contribution in [3.05, 3.63) is 101 Å². The van der Waals surface area contributed by atoms with Gasteiger partial charge in [-0.05, 0) is 48.4 Å². The zero-order valence-electron chi connectivity index (χ0n) is 18.7. The Morgan fingerprint density at radius 1 is 1.00 bits per heavy atom. The van der Waals surface area contributed by atoms with Gasteiger partial charge in [0.25, 0.3) is 5.91 Å². The molecule has 0 aromatic heterocycles. The second-order valence-electron chi connectivity index (χ2n) is 7.57. The number of para-hydroxylation sites is 1. The molecule has 4 rings (SSSR count). The number of ether oxygens (including phenoxy) is 1. The lowest BCUT2D eigenvalue weighted by Crippen LogP contribution is -2.42. The smallest absolute Gasteiger partial charge is 0.266 e. The summed E-state index contributed by atoms with van der Waals surface area (Å²) in [6.07, 6.45) is 1.79. The largest absolute Gasteiger partial charge is 0.494 e. The van der Waals surface area contributed by atoms with Gasteiger partial charge in [0.2, 0.25) is 5.91 Å². The highest BCUT2D eigenvalue weighted by Crippen LogP contribution is 2.33. The van der Waals surface area contributed by atoms with Crippen molar-refractivity contribution in [3.8, 4) is 5.75 Å². The molecule has 1 aliphatic rings. The van der Waals surface area contributed by atoms with E-state index in [9.17, 15) is 9.59 Å². The first-order valence-corrected chi connectivity index (χ1v) is 12.1. The summed E-state index contributed by atoms with van der Waals surface area (Å²) in [5.74, 6) is 0.316. The van der Waals surface area contributed by atoms with Crippen LogP contribution in [0, 0.1) is 0 Å². The van der Waals surface area contributed by atoms with Crippen LogP contribution >= 0.6 is 24.0 Å². The van der Waals surface area contributed by atoms with Gasteiger partial charge in [-0.2, -0.15) is 0 Å². The minimum absolute atomic E-state index is 0.118. The van der Waals surface area contributed by atoms with Gasteiger partial charge in [-0.15, -0.1) is 0 Å². The highest BCUT2D eigenvalue weighted by molar-refractivity contribution is 8.26. The third-order valence-corrected chi connectivity index (χ3v) is 6.59. The Hall–Kier alpha value is -3.42. The number of carbonyl (C=O) groups is 2. The molecular formula is C27H24N2O3S2. The Bertz CT molecular complexity index is 1200. The third kappa shape index (κ3) is 5.73. The lowest BCUT2D eigenvalue weighted by molar-refractivity contribution is -0.127. The summed E-state index contributed by atoms with van der Waals surface area (Å²) < 4.78 is 5.85. The molecule has 0 atom stereocenters. The molecule has 34 heavy (non-hydrogen) atoms. The molecule has 5 nitrogen and oxygen atoms in total. The van der Waals surface area contributed by atoms with Crippen molar-refractivity contribution in [1.29, 1.82) is 0 Å². The number of thiocarbonyl (C=S) groups is 1. The van der Waals surface area contributed by atoms with Crippen molar-refractivity contribution in [3.63, 3.8) is 0 Å². The molecule has 3 aromatic carbocycles. The summed E-state index contributed by atoms with van der Waals surface area (Å²) in [7, 11) is 0. The summed E-state index contributed by atoms with van der Waals surface area (Å²) >= 11 is 6.67. The van der Waals surface area contributed by atoms with Crippen molar-refractivity contribution in [2.24, 2.45) is 0 Å². The Balaban J connectivity index is 1.51. The lowest BCUT2D eigenvalue weighted by Gasteiger charge is -2.25. The number of benzene rings is 3. The summed E-state index contributed by atoms with van der Waals surface area (Å²) in [6.45, 7) is 2.81. The minimum Gasteiger partial charge on any atom is -0.494 e. The molecule has 0 bridgehead atoms. The molecule has 1 heterocycles.